The van der Waals surface area contributed by atoms with Crippen molar-refractivity contribution in [1.29, 1.82) is 0 Å². The number of hydrogen-bond acceptors (Lipinski definition) is 6. The van der Waals surface area contributed by atoms with Crippen LogP contribution >= 0.6 is 11.3 Å². The summed E-state index contributed by atoms with van der Waals surface area (Å²) in [6.45, 7) is 5.14. The maximum atomic E-state index is 13.4. The maximum Gasteiger partial charge on any atom is 0.312 e. The number of thiophene rings is 1. The Morgan fingerprint density at radius 2 is 1.68 bits per heavy atom. The molecule has 0 saturated carbocycles. The van der Waals surface area contributed by atoms with E-state index in [1.54, 1.807) is 35.7 Å². The third-order valence-corrected chi connectivity index (χ3v) is 8.18. The molecule has 5 rings (SSSR count). The van der Waals surface area contributed by atoms with Gasteiger partial charge in [0, 0.05) is 24.0 Å². The van der Waals surface area contributed by atoms with Crippen molar-refractivity contribution in [1.82, 2.24) is 9.36 Å². The number of benzene rings is 2. The minimum absolute atomic E-state index is 0.0385. The average Bonchev–Trinajstić information content (AvgIpc) is 3.64. The second kappa shape index (κ2) is 11.0. The fourth-order valence-electron chi connectivity index (χ4n) is 4.99. The number of para-hydroxylation sites is 1. The molecule has 0 aliphatic carbocycles. The highest BCUT2D eigenvalue weighted by atomic mass is 32.1. The van der Waals surface area contributed by atoms with Crippen molar-refractivity contribution in [2.45, 2.75) is 39.3 Å². The molecule has 1 aliphatic heterocycles. The zero-order chi connectivity index (χ0) is 28.6. The number of carbonyl (C=O) groups excluding carboxylic acids is 3. The van der Waals surface area contributed by atoms with E-state index in [4.69, 9.17) is 4.74 Å². The molecule has 10 heteroatoms. The molecule has 1 aliphatic rings. The number of amides is 2. The molecule has 0 spiro atoms. The fourth-order valence-corrected chi connectivity index (χ4v) is 5.87. The van der Waals surface area contributed by atoms with Crippen LogP contribution < -0.4 is 15.8 Å². The number of esters is 1. The molecule has 9 nitrogen and oxygen atoms in total. The Morgan fingerprint density at radius 3 is 2.33 bits per heavy atom. The molecular weight excluding hydrogens is 528 g/mol. The molecule has 2 amide bonds. The van der Waals surface area contributed by atoms with Crippen LogP contribution in [0.4, 0.5) is 11.4 Å². The zero-order valence-corrected chi connectivity index (χ0v) is 23.5. The lowest BCUT2D eigenvalue weighted by Crippen LogP contribution is -2.35. The number of nitrogens with one attached hydrogen (secondary N) is 1. The number of anilines is 2. The molecule has 0 radical (unpaired) electrons. The van der Waals surface area contributed by atoms with Gasteiger partial charge in [0.1, 0.15) is 5.69 Å². The number of aryl methyl sites for hydroxylation is 1. The summed E-state index contributed by atoms with van der Waals surface area (Å²) in [5.41, 5.74) is 2.67. The molecule has 2 aromatic carbocycles. The van der Waals surface area contributed by atoms with Gasteiger partial charge in [0.15, 0.2) is 6.10 Å². The van der Waals surface area contributed by atoms with Crippen LogP contribution in [0, 0.1) is 19.8 Å². The first-order valence-electron chi connectivity index (χ1n) is 12.9. The third kappa shape index (κ3) is 4.98. The van der Waals surface area contributed by atoms with Crippen molar-refractivity contribution >= 4 is 40.5 Å². The minimum atomic E-state index is -1.19. The van der Waals surface area contributed by atoms with Crippen molar-refractivity contribution in [2.75, 3.05) is 10.2 Å². The van der Waals surface area contributed by atoms with E-state index in [1.807, 2.05) is 66.9 Å². The molecule has 0 bridgehead atoms. The van der Waals surface area contributed by atoms with Crippen LogP contribution in [-0.2, 0) is 26.2 Å². The van der Waals surface area contributed by atoms with Crippen LogP contribution in [0.15, 0.2) is 76.9 Å². The lowest BCUT2D eigenvalue weighted by Gasteiger charge is -2.27. The van der Waals surface area contributed by atoms with Gasteiger partial charge >= 0.3 is 5.97 Å². The monoisotopic (exact) mass is 558 g/mol. The lowest BCUT2D eigenvalue weighted by atomic mass is 9.98. The molecule has 3 atom stereocenters. The van der Waals surface area contributed by atoms with Crippen molar-refractivity contribution in [3.63, 3.8) is 0 Å². The van der Waals surface area contributed by atoms with E-state index in [2.05, 4.69) is 5.32 Å². The van der Waals surface area contributed by atoms with Crippen molar-refractivity contribution in [2.24, 2.45) is 13.0 Å². The largest absolute Gasteiger partial charge is 0.452 e. The van der Waals surface area contributed by atoms with E-state index >= 15 is 0 Å². The molecule has 1 saturated heterocycles. The fraction of sp³-hybridized carbons (Fsp3) is 0.267. The highest BCUT2D eigenvalue weighted by molar-refractivity contribution is 7.10. The van der Waals surface area contributed by atoms with E-state index in [0.717, 1.165) is 10.4 Å². The second-order valence-electron chi connectivity index (χ2n) is 9.88. The molecule has 40 heavy (non-hydrogen) atoms. The first-order valence-corrected chi connectivity index (χ1v) is 13.8. The second-order valence-corrected chi connectivity index (χ2v) is 10.9. The molecular formula is C30H30N4O5S. The molecule has 0 unspecified atom stereocenters. The van der Waals surface area contributed by atoms with Crippen molar-refractivity contribution in [3.8, 4) is 5.69 Å². The van der Waals surface area contributed by atoms with Gasteiger partial charge < -0.3 is 15.0 Å². The quantitative estimate of drug-likeness (QED) is 0.336. The van der Waals surface area contributed by atoms with Gasteiger partial charge in [0.05, 0.1) is 23.3 Å². The van der Waals surface area contributed by atoms with Crippen LogP contribution in [0.2, 0.25) is 0 Å². The highest BCUT2D eigenvalue weighted by Gasteiger charge is 2.47. The van der Waals surface area contributed by atoms with Gasteiger partial charge in [0.2, 0.25) is 5.91 Å². The number of rotatable bonds is 7. The van der Waals surface area contributed by atoms with Crippen LogP contribution in [0.1, 0.15) is 35.5 Å². The Morgan fingerprint density at radius 1 is 0.975 bits per heavy atom. The molecule has 2 aromatic heterocycles. The van der Waals surface area contributed by atoms with E-state index in [-0.39, 0.29) is 18.0 Å². The summed E-state index contributed by atoms with van der Waals surface area (Å²) in [6.07, 6.45) is -1.23. The first-order chi connectivity index (χ1) is 19.2. The maximum absolute atomic E-state index is 13.4. The van der Waals surface area contributed by atoms with Gasteiger partial charge in [-0.2, -0.15) is 0 Å². The normalized spacial score (nSPS) is 17.6. The predicted molar refractivity (Wildman–Crippen MR) is 154 cm³/mol. The number of hydrogen-bond donors (Lipinski definition) is 1. The Bertz CT molecular complexity index is 1610. The highest BCUT2D eigenvalue weighted by Crippen LogP contribution is 2.43. The molecule has 206 valence electrons. The molecule has 4 aromatic rings. The molecule has 3 heterocycles. The van der Waals surface area contributed by atoms with Crippen LogP contribution in [-0.4, -0.2) is 33.3 Å². The molecule has 1 N–H and O–H groups in total. The third-order valence-electron chi connectivity index (χ3n) is 7.24. The lowest BCUT2D eigenvalue weighted by molar-refractivity contribution is -0.157. The topological polar surface area (TPSA) is 103 Å². The van der Waals surface area contributed by atoms with Crippen LogP contribution in [0.3, 0.4) is 0 Å². The Balaban J connectivity index is 1.35. The van der Waals surface area contributed by atoms with E-state index in [9.17, 15) is 19.2 Å². The Labute approximate surface area is 235 Å². The minimum Gasteiger partial charge on any atom is -0.452 e. The van der Waals surface area contributed by atoms with Crippen LogP contribution in [0.25, 0.3) is 5.69 Å². The Kier molecular flexibility index (Phi) is 7.44. The number of aromatic nitrogens is 2. The summed E-state index contributed by atoms with van der Waals surface area (Å²) in [7, 11) is 1.73. The van der Waals surface area contributed by atoms with E-state index < -0.39 is 35.5 Å². The first kappa shape index (κ1) is 27.1. The standard InChI is InChI=1S/C30H30N4O5S/c1-18-12-14-21(15-13-18)33-25(35)17-23(27(33)24-11-8-16-40-24)30(38)39-20(3)28(36)31-26-19(2)32(4)34(29(26)37)22-9-6-5-7-10-22/h5-16,20,23,27H,17H2,1-4H3,(H,31,36)/t20-,23+,27-/m0/s1. The SMILES string of the molecule is Cc1ccc(N2C(=O)C[C@@H](C(=O)O[C@@H](C)C(=O)Nc3c(C)n(C)n(-c4ccccc4)c3=O)[C@H]2c2cccs2)cc1. The Hall–Kier alpha value is -4.44. The van der Waals surface area contributed by atoms with Gasteiger partial charge in [-0.25, -0.2) is 4.68 Å². The summed E-state index contributed by atoms with van der Waals surface area (Å²) < 4.78 is 8.72. The van der Waals surface area contributed by atoms with Crippen molar-refractivity contribution in [3.05, 3.63) is 98.6 Å². The summed E-state index contributed by atoms with van der Waals surface area (Å²) in [5, 5.41) is 4.54. The summed E-state index contributed by atoms with van der Waals surface area (Å²) in [6, 6.07) is 19.9. The number of ether oxygens (including phenoxy) is 1. The van der Waals surface area contributed by atoms with E-state index in [0.29, 0.717) is 17.1 Å². The summed E-state index contributed by atoms with van der Waals surface area (Å²) >= 11 is 1.46. The van der Waals surface area contributed by atoms with Gasteiger partial charge in [-0.15, -0.1) is 11.3 Å². The van der Waals surface area contributed by atoms with E-state index in [1.165, 1.54) is 22.9 Å². The predicted octanol–water partition coefficient (Wildman–Crippen LogP) is 4.52. The zero-order valence-electron chi connectivity index (χ0n) is 22.7. The van der Waals surface area contributed by atoms with Crippen molar-refractivity contribution < 1.29 is 19.1 Å². The van der Waals surface area contributed by atoms with Gasteiger partial charge in [-0.3, -0.25) is 23.9 Å². The number of carbonyl (C=O) groups is 3. The molecule has 1 fully saturated rings. The smallest absolute Gasteiger partial charge is 0.312 e. The summed E-state index contributed by atoms with van der Waals surface area (Å²) in [4.78, 5) is 55.4. The van der Waals surface area contributed by atoms with Crippen LogP contribution in [0.5, 0.6) is 0 Å². The van der Waals surface area contributed by atoms with Gasteiger partial charge in [-0.05, 0) is 56.5 Å². The number of nitrogens with zero attached hydrogens (tertiary/aromatic N) is 3. The summed E-state index contributed by atoms with van der Waals surface area (Å²) in [5.74, 6) is -2.26. The van der Waals surface area contributed by atoms with Gasteiger partial charge in [0.25, 0.3) is 11.5 Å². The van der Waals surface area contributed by atoms with Gasteiger partial charge in [-0.1, -0.05) is 42.0 Å². The average molecular weight is 559 g/mol.